The van der Waals surface area contributed by atoms with Crippen LogP contribution in [0.3, 0.4) is 0 Å². The maximum atomic E-state index is 11.9. The highest BCUT2D eigenvalue weighted by Crippen LogP contribution is 2.26. The lowest BCUT2D eigenvalue weighted by Crippen LogP contribution is -2.31. The number of ether oxygens (including phenoxy) is 1. The van der Waals surface area contributed by atoms with Gasteiger partial charge in [0.1, 0.15) is 6.10 Å². The lowest BCUT2D eigenvalue weighted by molar-refractivity contribution is -0.150. The number of rotatable bonds is 4. The maximum Gasteiger partial charge on any atom is 0.334 e. The van der Waals surface area contributed by atoms with Crippen LogP contribution in [0, 0.1) is 17.3 Å². The van der Waals surface area contributed by atoms with Crippen molar-refractivity contribution in [2.75, 3.05) is 0 Å². The Hall–Kier alpha value is -0.790. The molecular weight excluding hydrogens is 200 g/mol. The van der Waals surface area contributed by atoms with Crippen LogP contribution in [0.4, 0.5) is 0 Å². The van der Waals surface area contributed by atoms with E-state index in [1.54, 1.807) is 0 Å². The molecule has 0 aliphatic rings. The molecule has 0 saturated heterocycles. The summed E-state index contributed by atoms with van der Waals surface area (Å²) in [5, 5.41) is 0. The fraction of sp³-hybridized carbons (Fsp3) is 0.786. The first kappa shape index (κ1) is 15.2. The molecule has 0 bridgehead atoms. The molecule has 16 heavy (non-hydrogen) atoms. The zero-order valence-corrected chi connectivity index (χ0v) is 11.8. The second-order valence-corrected chi connectivity index (χ2v) is 6.09. The Labute approximate surface area is 100 Å². The first-order valence-corrected chi connectivity index (χ1v) is 5.97. The predicted molar refractivity (Wildman–Crippen MR) is 68.2 cm³/mol. The van der Waals surface area contributed by atoms with E-state index in [1.807, 2.05) is 20.8 Å². The van der Waals surface area contributed by atoms with Gasteiger partial charge in [-0.3, -0.25) is 0 Å². The van der Waals surface area contributed by atoms with Gasteiger partial charge in [-0.25, -0.2) is 4.79 Å². The van der Waals surface area contributed by atoms with Crippen molar-refractivity contribution in [1.82, 2.24) is 0 Å². The Morgan fingerprint density at radius 3 is 1.69 bits per heavy atom. The van der Waals surface area contributed by atoms with E-state index in [-0.39, 0.29) is 17.5 Å². The van der Waals surface area contributed by atoms with Gasteiger partial charge in [0.05, 0.1) is 0 Å². The van der Waals surface area contributed by atoms with Gasteiger partial charge in [-0.1, -0.05) is 55.0 Å². The molecule has 2 nitrogen and oxygen atoms in total. The molecule has 0 N–H and O–H groups in total. The van der Waals surface area contributed by atoms with E-state index < -0.39 is 0 Å². The number of carbonyl (C=O) groups excluding carboxylic acids is 1. The summed E-state index contributed by atoms with van der Waals surface area (Å²) >= 11 is 0. The molecule has 0 spiro atoms. The molecule has 0 fully saturated rings. The highest BCUT2D eigenvalue weighted by Gasteiger charge is 2.27. The van der Waals surface area contributed by atoms with Crippen LogP contribution in [-0.2, 0) is 9.53 Å². The Bertz CT molecular complexity index is 248. The van der Waals surface area contributed by atoms with Gasteiger partial charge in [0.2, 0.25) is 0 Å². The molecule has 0 aromatic rings. The molecule has 0 rings (SSSR count). The smallest absolute Gasteiger partial charge is 0.334 e. The first-order valence-electron chi connectivity index (χ1n) is 5.97. The molecule has 0 aromatic heterocycles. The molecule has 0 radical (unpaired) electrons. The normalized spacial score (nSPS) is 12.4. The quantitative estimate of drug-likeness (QED) is 0.538. The summed E-state index contributed by atoms with van der Waals surface area (Å²) in [6, 6.07) is 0. The maximum absolute atomic E-state index is 11.9. The third kappa shape index (κ3) is 4.38. The van der Waals surface area contributed by atoms with Crippen LogP contribution >= 0.6 is 0 Å². The third-order valence-corrected chi connectivity index (χ3v) is 2.71. The summed E-state index contributed by atoms with van der Waals surface area (Å²) in [4.78, 5) is 11.9. The van der Waals surface area contributed by atoms with Gasteiger partial charge in [-0.05, 0) is 17.3 Å². The minimum Gasteiger partial charge on any atom is -0.458 e. The van der Waals surface area contributed by atoms with Crippen molar-refractivity contribution in [2.24, 2.45) is 17.3 Å². The minimum atomic E-state index is -0.264. The Balaban J connectivity index is 4.60. The zero-order chi connectivity index (χ0) is 13.1. The Morgan fingerprint density at radius 2 is 1.44 bits per heavy atom. The lowest BCUT2D eigenvalue weighted by Gasteiger charge is -2.28. The first-order chi connectivity index (χ1) is 7.07. The summed E-state index contributed by atoms with van der Waals surface area (Å²) in [5.41, 5.74) is 0.314. The van der Waals surface area contributed by atoms with Crippen molar-refractivity contribution in [3.63, 3.8) is 0 Å². The van der Waals surface area contributed by atoms with Gasteiger partial charge >= 0.3 is 5.97 Å². The molecule has 0 unspecified atom stereocenters. The summed E-state index contributed by atoms with van der Waals surface area (Å²) in [6.45, 7) is 18.0. The number of esters is 1. The average molecular weight is 226 g/mol. The monoisotopic (exact) mass is 226 g/mol. The molecule has 0 aromatic carbocycles. The van der Waals surface area contributed by atoms with E-state index in [9.17, 15) is 4.79 Å². The van der Waals surface area contributed by atoms with Crippen molar-refractivity contribution in [3.8, 4) is 0 Å². The van der Waals surface area contributed by atoms with Gasteiger partial charge in [-0.15, -0.1) is 0 Å². The fourth-order valence-electron chi connectivity index (χ4n) is 1.54. The van der Waals surface area contributed by atoms with Crippen molar-refractivity contribution in [2.45, 2.75) is 54.6 Å². The van der Waals surface area contributed by atoms with Crippen molar-refractivity contribution in [3.05, 3.63) is 12.2 Å². The van der Waals surface area contributed by atoms with Crippen LogP contribution in [0.2, 0.25) is 0 Å². The van der Waals surface area contributed by atoms with Crippen LogP contribution in [-0.4, -0.2) is 12.1 Å². The summed E-state index contributed by atoms with van der Waals surface area (Å²) in [7, 11) is 0. The molecule has 0 atom stereocenters. The van der Waals surface area contributed by atoms with E-state index in [0.717, 1.165) is 0 Å². The molecule has 0 saturated carbocycles. The SMILES string of the molecule is C=C(C(=O)OC(C(C)C)C(C)C)C(C)(C)C. The summed E-state index contributed by atoms with van der Waals surface area (Å²) in [5.74, 6) is 0.397. The van der Waals surface area contributed by atoms with E-state index in [2.05, 4.69) is 34.3 Å². The minimum absolute atomic E-state index is 0.0356. The molecule has 94 valence electrons. The van der Waals surface area contributed by atoms with Crippen LogP contribution in [0.25, 0.3) is 0 Å². The number of hydrogen-bond donors (Lipinski definition) is 0. The van der Waals surface area contributed by atoms with Crippen LogP contribution in [0.1, 0.15) is 48.5 Å². The van der Waals surface area contributed by atoms with Crippen molar-refractivity contribution < 1.29 is 9.53 Å². The van der Waals surface area contributed by atoms with E-state index in [0.29, 0.717) is 17.4 Å². The largest absolute Gasteiger partial charge is 0.458 e. The zero-order valence-electron chi connectivity index (χ0n) is 11.8. The second kappa shape index (κ2) is 5.51. The standard InChI is InChI=1S/C14H26O2/c1-9(2)12(10(3)4)16-13(15)11(5)14(6,7)8/h9-10,12H,5H2,1-4,6-8H3. The molecular formula is C14H26O2. The van der Waals surface area contributed by atoms with Gasteiger partial charge in [0.25, 0.3) is 0 Å². The molecule has 2 heteroatoms. The Kier molecular flexibility index (Phi) is 5.24. The third-order valence-electron chi connectivity index (χ3n) is 2.71. The van der Waals surface area contributed by atoms with E-state index in [1.165, 1.54) is 0 Å². The van der Waals surface area contributed by atoms with Gasteiger partial charge in [0, 0.05) is 5.57 Å². The van der Waals surface area contributed by atoms with E-state index in [4.69, 9.17) is 4.74 Å². The van der Waals surface area contributed by atoms with Gasteiger partial charge in [0.15, 0.2) is 0 Å². The second-order valence-electron chi connectivity index (χ2n) is 6.09. The Morgan fingerprint density at radius 1 is 1.06 bits per heavy atom. The van der Waals surface area contributed by atoms with Crippen LogP contribution in [0.15, 0.2) is 12.2 Å². The fourth-order valence-corrected chi connectivity index (χ4v) is 1.54. The van der Waals surface area contributed by atoms with Crippen molar-refractivity contribution in [1.29, 1.82) is 0 Å². The molecule has 0 aliphatic heterocycles. The summed E-state index contributed by atoms with van der Waals surface area (Å²) in [6.07, 6.45) is -0.0356. The summed E-state index contributed by atoms with van der Waals surface area (Å²) < 4.78 is 5.52. The van der Waals surface area contributed by atoms with Crippen LogP contribution in [0.5, 0.6) is 0 Å². The molecule has 0 heterocycles. The lowest BCUT2D eigenvalue weighted by atomic mass is 9.87. The molecule has 0 amide bonds. The van der Waals surface area contributed by atoms with Crippen molar-refractivity contribution >= 4 is 5.97 Å². The van der Waals surface area contributed by atoms with Gasteiger partial charge < -0.3 is 4.74 Å². The topological polar surface area (TPSA) is 26.3 Å². The highest BCUT2D eigenvalue weighted by atomic mass is 16.5. The number of hydrogen-bond acceptors (Lipinski definition) is 2. The molecule has 0 aliphatic carbocycles. The van der Waals surface area contributed by atoms with Crippen LogP contribution < -0.4 is 0 Å². The average Bonchev–Trinajstić information content (AvgIpc) is 2.09. The highest BCUT2D eigenvalue weighted by molar-refractivity contribution is 5.89. The van der Waals surface area contributed by atoms with Gasteiger partial charge in [-0.2, -0.15) is 0 Å². The number of carbonyl (C=O) groups is 1. The van der Waals surface area contributed by atoms with E-state index >= 15 is 0 Å². The predicted octanol–water partition coefficient (Wildman–Crippen LogP) is 3.81.